The summed E-state index contributed by atoms with van der Waals surface area (Å²) in [4.78, 5) is 15.4. The number of nitrogens with zero attached hydrogens (tertiary/aromatic N) is 6. The summed E-state index contributed by atoms with van der Waals surface area (Å²) in [5, 5.41) is 10.2. The fourth-order valence-electron chi connectivity index (χ4n) is 16.0. The average Bonchev–Trinajstić information content (AvgIpc) is 1.09. The van der Waals surface area contributed by atoms with Crippen LogP contribution in [-0.4, -0.2) is 45.1 Å². The van der Waals surface area contributed by atoms with E-state index in [1.54, 1.807) is 17.8 Å². The number of aliphatic hydroxyl groups is 1. The lowest BCUT2D eigenvalue weighted by molar-refractivity contribution is -0.137. The number of rotatable bonds is 17. The number of hydrogen-bond donors (Lipinski definition) is 1. The van der Waals surface area contributed by atoms with Crippen molar-refractivity contribution in [3.63, 3.8) is 0 Å². The molecule has 3 aliphatic carbocycles. The predicted molar refractivity (Wildman–Crippen MR) is 406 cm³/mol. The van der Waals surface area contributed by atoms with Gasteiger partial charge in [0.15, 0.2) is 0 Å². The van der Waals surface area contributed by atoms with Crippen LogP contribution < -0.4 is 0 Å². The lowest BCUT2D eigenvalue weighted by Crippen LogP contribution is -2.37. The van der Waals surface area contributed by atoms with Crippen LogP contribution in [0.15, 0.2) is 352 Å². The van der Waals surface area contributed by atoms with E-state index in [1.807, 2.05) is 37.2 Å². The third-order valence-electron chi connectivity index (χ3n) is 21.1. The van der Waals surface area contributed by atoms with Crippen molar-refractivity contribution in [1.29, 1.82) is 0 Å². The summed E-state index contributed by atoms with van der Waals surface area (Å²) in [6.45, 7) is 0. The molecule has 16 rings (SSSR count). The molecule has 0 amide bonds. The van der Waals surface area contributed by atoms with Crippen molar-refractivity contribution in [2.75, 3.05) is 0 Å². The number of thioether (sulfide) groups is 1. The number of aliphatic hydroxyl groups excluding tert-OH is 1. The topological polar surface area (TPSA) is 73.7 Å². The van der Waals surface area contributed by atoms with Crippen LogP contribution in [0.25, 0.3) is 0 Å². The molecular weight excluding hydrogens is 1280 g/mol. The van der Waals surface area contributed by atoms with E-state index in [1.165, 1.54) is 57.6 Å². The van der Waals surface area contributed by atoms with Crippen LogP contribution in [0.4, 0.5) is 13.2 Å². The Labute approximate surface area is 602 Å². The molecule has 2 fully saturated rings. The maximum absolute atomic E-state index is 13.2. The van der Waals surface area contributed by atoms with E-state index >= 15 is 0 Å². The molecule has 0 bridgehead atoms. The number of imidazole rings is 3. The monoisotopic (exact) mass is 1370 g/mol. The highest BCUT2D eigenvalue weighted by molar-refractivity contribution is 8.00. The number of aromatic nitrogens is 6. The fraction of sp³-hybridized carbons (Fsp3) is 0.220. The van der Waals surface area contributed by atoms with E-state index in [0.717, 1.165) is 98.4 Å². The van der Waals surface area contributed by atoms with Gasteiger partial charge in [-0.2, -0.15) is 13.2 Å². The second-order valence-electron chi connectivity index (χ2n) is 27.1. The van der Waals surface area contributed by atoms with E-state index < -0.39 is 28.4 Å². The highest BCUT2D eigenvalue weighted by Crippen LogP contribution is 2.47. The van der Waals surface area contributed by atoms with Gasteiger partial charge in [0.25, 0.3) is 0 Å². The molecule has 10 aromatic carbocycles. The Morgan fingerprint density at radius 3 is 0.882 bits per heavy atom. The molecule has 1 N–H and O–H groups in total. The molecule has 1 atom stereocenters. The molecule has 0 aliphatic heterocycles. The summed E-state index contributed by atoms with van der Waals surface area (Å²) in [7, 11) is 0. The molecule has 102 heavy (non-hydrogen) atoms. The van der Waals surface area contributed by atoms with Crippen LogP contribution in [0.3, 0.4) is 0 Å². The van der Waals surface area contributed by atoms with Gasteiger partial charge in [-0.15, -0.1) is 11.8 Å². The zero-order valence-electron chi connectivity index (χ0n) is 57.2. The van der Waals surface area contributed by atoms with E-state index in [0.29, 0.717) is 27.9 Å². The number of alkyl halides is 3. The van der Waals surface area contributed by atoms with Gasteiger partial charge in [-0.05, 0) is 139 Å². The fourth-order valence-corrected chi connectivity index (χ4v) is 17.2. The van der Waals surface area contributed by atoms with E-state index in [2.05, 4.69) is 299 Å². The van der Waals surface area contributed by atoms with Gasteiger partial charge >= 0.3 is 6.18 Å². The van der Waals surface area contributed by atoms with E-state index in [-0.39, 0.29) is 6.10 Å². The first-order valence-corrected chi connectivity index (χ1v) is 36.8. The molecule has 1 unspecified atom stereocenters. The van der Waals surface area contributed by atoms with E-state index in [9.17, 15) is 18.3 Å². The predicted octanol–water partition coefficient (Wildman–Crippen LogP) is 21.8. The Morgan fingerprint density at radius 1 is 0.314 bits per heavy atom. The van der Waals surface area contributed by atoms with Crippen molar-refractivity contribution in [3.8, 4) is 0 Å². The van der Waals surface area contributed by atoms with Crippen LogP contribution in [-0.2, 0) is 22.8 Å². The maximum Gasteiger partial charge on any atom is 0.416 e. The quantitative estimate of drug-likeness (QED) is 0.0726. The molecule has 3 heterocycles. The number of benzene rings is 10. The standard InChI is InChI=1S/C35H31F3N2S.C28H28N2O.C28H26N2/c36-35(37,38)30-17-10-18-32(23-30)41-31-21-19-26(20-22-31)33-24-40(25-39-33)34(27-11-4-1-5-12-27,28-13-6-2-7-14-28)29-15-8-3-9-16-29;31-26-18-16-22(17-19-26)27-20-30(21-29-27)28(23-10-4-1-5-11-23,24-12-6-2-7-13-24)25-14-8-3-9-15-25;1-5-13-23(14-6-1)27-21-30(22-29-27)28(24-15-7-2-8-16-24,25-17-9-3-10-18-25)26-19-11-4-12-20-26/h1-18,23-26,31H,19-22H2;1-15,20-22,26,31H,16-19H2;1-5,7-12,15-23H,6,13-14H2. The highest BCUT2D eigenvalue weighted by Gasteiger charge is 2.42. The van der Waals surface area contributed by atoms with Crippen LogP contribution in [0.1, 0.15) is 161 Å². The van der Waals surface area contributed by atoms with Gasteiger partial charge < -0.3 is 18.8 Å². The number of hydrogen-bond acceptors (Lipinski definition) is 5. The summed E-state index contributed by atoms with van der Waals surface area (Å²) < 4.78 is 46.4. The number of allylic oxidation sites excluding steroid dienone is 2. The molecule has 13 aromatic rings. The van der Waals surface area contributed by atoms with Crippen LogP contribution in [0.5, 0.6) is 0 Å². The smallest absolute Gasteiger partial charge is 0.393 e. The minimum absolute atomic E-state index is 0.157. The van der Waals surface area contributed by atoms with Crippen LogP contribution >= 0.6 is 11.8 Å². The molecule has 3 aromatic heterocycles. The zero-order valence-corrected chi connectivity index (χ0v) is 58.1. The Balaban J connectivity index is 0.000000132. The van der Waals surface area contributed by atoms with Crippen molar-refractivity contribution >= 4 is 11.8 Å². The van der Waals surface area contributed by atoms with Gasteiger partial charge in [0.1, 0.15) is 16.6 Å². The van der Waals surface area contributed by atoms with Crippen LogP contribution in [0.2, 0.25) is 0 Å². The summed E-state index contributed by atoms with van der Waals surface area (Å²) >= 11 is 1.57. The molecule has 0 saturated heterocycles. The largest absolute Gasteiger partial charge is 0.416 e. The molecule has 2 saturated carbocycles. The molecule has 3 aliphatic rings. The second-order valence-corrected chi connectivity index (χ2v) is 28.5. The minimum atomic E-state index is -4.32. The van der Waals surface area contributed by atoms with Crippen molar-refractivity contribution < 1.29 is 18.3 Å². The van der Waals surface area contributed by atoms with Crippen molar-refractivity contribution in [2.24, 2.45) is 0 Å². The Morgan fingerprint density at radius 2 is 0.598 bits per heavy atom. The normalized spacial score (nSPS) is 17.9. The molecule has 7 nitrogen and oxygen atoms in total. The van der Waals surface area contributed by atoms with Gasteiger partial charge in [-0.3, -0.25) is 0 Å². The lowest BCUT2D eigenvalue weighted by Gasteiger charge is -2.37. The van der Waals surface area contributed by atoms with Crippen molar-refractivity contribution in [1.82, 2.24) is 28.7 Å². The van der Waals surface area contributed by atoms with Gasteiger partial charge in [0.2, 0.25) is 0 Å². The first-order chi connectivity index (χ1) is 50.1. The maximum atomic E-state index is 13.2. The third kappa shape index (κ3) is 14.5. The second kappa shape index (κ2) is 31.7. The minimum Gasteiger partial charge on any atom is -0.393 e. The summed E-state index contributed by atoms with van der Waals surface area (Å²) in [6.07, 6.45) is 23.7. The molecule has 0 radical (unpaired) electrons. The third-order valence-corrected chi connectivity index (χ3v) is 22.4. The van der Waals surface area contributed by atoms with Gasteiger partial charge in [0, 0.05) is 46.5 Å². The highest BCUT2D eigenvalue weighted by atomic mass is 32.2. The first kappa shape index (κ1) is 68.8. The molecular formula is C91H85F3N6OS. The zero-order chi connectivity index (χ0) is 69.6. The van der Waals surface area contributed by atoms with Crippen molar-refractivity contribution in [2.45, 2.75) is 127 Å². The van der Waals surface area contributed by atoms with E-state index in [4.69, 9.17) is 15.0 Å². The Kier molecular flexibility index (Phi) is 21.4. The first-order valence-electron chi connectivity index (χ1n) is 35.9. The van der Waals surface area contributed by atoms with Gasteiger partial charge in [-0.25, -0.2) is 15.0 Å². The SMILES string of the molecule is C1=CCC(c2cn(C(c3ccccc3)(c3ccccc3)c3ccccc3)cn2)CC1.FC(F)(F)c1cccc(SC2CCC(c3cn(C(c4ccccc4)(c4ccccc4)c4ccccc4)cn3)CC2)c1.OC1CCC(c2cn(C(c3ccccc3)(c3ccccc3)c3ccccc3)cn2)CC1. The summed E-state index contributed by atoms with van der Waals surface area (Å²) in [5.41, 5.74) is 12.0. The summed E-state index contributed by atoms with van der Waals surface area (Å²) in [5.74, 6) is 1.22. The van der Waals surface area contributed by atoms with Crippen molar-refractivity contribution in [3.05, 3.63) is 420 Å². The molecule has 0 spiro atoms. The summed E-state index contributed by atoms with van der Waals surface area (Å²) in [6, 6.07) is 102. The van der Waals surface area contributed by atoms with Gasteiger partial charge in [0.05, 0.1) is 47.7 Å². The average molecular weight is 1370 g/mol. The van der Waals surface area contributed by atoms with Crippen LogP contribution in [0, 0.1) is 0 Å². The molecule has 11 heteroatoms. The van der Waals surface area contributed by atoms with Gasteiger partial charge in [-0.1, -0.05) is 291 Å². The Bertz CT molecular complexity index is 4440. The number of halogens is 3. The Hall–Kier alpha value is -10.3. The molecule has 512 valence electrons. The lowest BCUT2D eigenvalue weighted by atomic mass is 9.76.